The standard InChI is InChI=1S/C17H15N7OS/c1-2-12-10-14(21-15(20-12)11-5-7-19-8-6-11)26-17-23-22-16(24(17)18)13-4-3-9-25-13/h3-10H,2,18H2,1H3. The summed E-state index contributed by atoms with van der Waals surface area (Å²) in [6.07, 6.45) is 5.80. The lowest BCUT2D eigenvalue weighted by atomic mass is 10.2. The van der Waals surface area contributed by atoms with Crippen LogP contribution in [0.25, 0.3) is 23.0 Å². The van der Waals surface area contributed by atoms with Crippen LogP contribution in [0.4, 0.5) is 0 Å². The molecule has 0 aliphatic rings. The molecule has 0 atom stereocenters. The number of rotatable bonds is 5. The third-order valence-electron chi connectivity index (χ3n) is 3.66. The van der Waals surface area contributed by atoms with Gasteiger partial charge in [-0.1, -0.05) is 6.92 Å². The van der Waals surface area contributed by atoms with E-state index in [1.54, 1.807) is 30.8 Å². The largest absolute Gasteiger partial charge is 0.461 e. The van der Waals surface area contributed by atoms with Gasteiger partial charge >= 0.3 is 0 Å². The van der Waals surface area contributed by atoms with Crippen molar-refractivity contribution >= 4 is 11.8 Å². The number of nitrogens with zero attached hydrogens (tertiary/aromatic N) is 6. The van der Waals surface area contributed by atoms with Crippen molar-refractivity contribution in [2.24, 2.45) is 0 Å². The predicted molar refractivity (Wildman–Crippen MR) is 96.6 cm³/mol. The Bertz CT molecular complexity index is 1020. The van der Waals surface area contributed by atoms with Gasteiger partial charge in [-0.05, 0) is 48.5 Å². The van der Waals surface area contributed by atoms with Crippen LogP contribution in [0.5, 0.6) is 0 Å². The fraction of sp³-hybridized carbons (Fsp3) is 0.118. The lowest BCUT2D eigenvalue weighted by Crippen LogP contribution is -2.11. The summed E-state index contributed by atoms with van der Waals surface area (Å²) in [5.74, 6) is 7.78. The van der Waals surface area contributed by atoms with Gasteiger partial charge in [0, 0.05) is 23.7 Å². The summed E-state index contributed by atoms with van der Waals surface area (Å²) >= 11 is 1.33. The Balaban J connectivity index is 1.69. The highest BCUT2D eigenvalue weighted by atomic mass is 32.2. The van der Waals surface area contributed by atoms with E-state index in [1.807, 2.05) is 25.1 Å². The minimum atomic E-state index is 0.455. The van der Waals surface area contributed by atoms with Crippen molar-refractivity contribution in [1.29, 1.82) is 0 Å². The lowest BCUT2D eigenvalue weighted by Gasteiger charge is -2.07. The Kier molecular flexibility index (Phi) is 4.36. The van der Waals surface area contributed by atoms with Crippen LogP contribution in [-0.2, 0) is 6.42 Å². The summed E-state index contributed by atoms with van der Waals surface area (Å²) in [7, 11) is 0. The first-order chi connectivity index (χ1) is 12.7. The molecule has 0 aliphatic carbocycles. The number of furan rings is 1. The van der Waals surface area contributed by atoms with E-state index in [2.05, 4.69) is 25.1 Å². The van der Waals surface area contributed by atoms with E-state index in [1.165, 1.54) is 16.4 Å². The zero-order chi connectivity index (χ0) is 17.9. The van der Waals surface area contributed by atoms with E-state index in [9.17, 15) is 0 Å². The zero-order valence-corrected chi connectivity index (χ0v) is 14.7. The van der Waals surface area contributed by atoms with E-state index >= 15 is 0 Å². The SMILES string of the molecule is CCc1cc(Sc2nnc(-c3ccco3)n2N)nc(-c2ccncc2)n1. The van der Waals surface area contributed by atoms with Gasteiger partial charge in [0.1, 0.15) is 5.03 Å². The molecule has 4 aromatic heterocycles. The average molecular weight is 365 g/mol. The number of aryl methyl sites for hydroxylation is 1. The van der Waals surface area contributed by atoms with E-state index in [-0.39, 0.29) is 0 Å². The molecule has 0 aliphatic heterocycles. The highest BCUT2D eigenvalue weighted by Crippen LogP contribution is 2.28. The number of nitrogens with two attached hydrogens (primary N) is 1. The normalized spacial score (nSPS) is 11.0. The smallest absolute Gasteiger partial charge is 0.218 e. The van der Waals surface area contributed by atoms with E-state index in [4.69, 9.17) is 10.3 Å². The molecule has 0 spiro atoms. The van der Waals surface area contributed by atoms with Gasteiger partial charge in [-0.3, -0.25) is 4.98 Å². The van der Waals surface area contributed by atoms with E-state index in [0.29, 0.717) is 22.6 Å². The maximum absolute atomic E-state index is 6.12. The van der Waals surface area contributed by atoms with Gasteiger partial charge in [0.15, 0.2) is 11.6 Å². The Hall–Kier alpha value is -3.20. The van der Waals surface area contributed by atoms with Gasteiger partial charge in [0.05, 0.1) is 6.26 Å². The molecular formula is C17H15N7OS. The summed E-state index contributed by atoms with van der Waals surface area (Å²) < 4.78 is 6.73. The van der Waals surface area contributed by atoms with E-state index < -0.39 is 0 Å². The predicted octanol–water partition coefficient (Wildman–Crippen LogP) is 2.82. The van der Waals surface area contributed by atoms with Gasteiger partial charge in [0.25, 0.3) is 0 Å². The molecule has 0 amide bonds. The monoisotopic (exact) mass is 365 g/mol. The number of hydrogen-bond acceptors (Lipinski definition) is 8. The molecule has 2 N–H and O–H groups in total. The fourth-order valence-electron chi connectivity index (χ4n) is 2.35. The van der Waals surface area contributed by atoms with Crippen molar-refractivity contribution in [1.82, 2.24) is 29.8 Å². The molecule has 0 saturated heterocycles. The van der Waals surface area contributed by atoms with Crippen molar-refractivity contribution in [2.45, 2.75) is 23.5 Å². The summed E-state index contributed by atoms with van der Waals surface area (Å²) in [5.41, 5.74) is 1.84. The summed E-state index contributed by atoms with van der Waals surface area (Å²) in [5, 5.41) is 9.50. The van der Waals surface area contributed by atoms with Crippen molar-refractivity contribution in [3.63, 3.8) is 0 Å². The molecule has 26 heavy (non-hydrogen) atoms. The minimum absolute atomic E-state index is 0.455. The summed E-state index contributed by atoms with van der Waals surface area (Å²) in [6.45, 7) is 2.05. The Labute approximate surface area is 153 Å². The molecule has 0 unspecified atom stereocenters. The van der Waals surface area contributed by atoms with Gasteiger partial charge in [-0.2, -0.15) is 0 Å². The second kappa shape index (κ2) is 6.96. The lowest BCUT2D eigenvalue weighted by molar-refractivity contribution is 0.574. The maximum atomic E-state index is 6.12. The summed E-state index contributed by atoms with van der Waals surface area (Å²) in [4.78, 5) is 13.2. The van der Waals surface area contributed by atoms with Crippen molar-refractivity contribution in [3.8, 4) is 23.0 Å². The fourth-order valence-corrected chi connectivity index (χ4v) is 3.13. The van der Waals surface area contributed by atoms with Crippen LogP contribution < -0.4 is 5.84 Å². The van der Waals surface area contributed by atoms with Crippen LogP contribution in [0, 0.1) is 0 Å². The van der Waals surface area contributed by atoms with Crippen LogP contribution in [0.1, 0.15) is 12.6 Å². The first-order valence-electron chi connectivity index (χ1n) is 7.95. The molecule has 0 fully saturated rings. The Morgan fingerprint density at radius 1 is 1.15 bits per heavy atom. The van der Waals surface area contributed by atoms with Gasteiger partial charge in [-0.15, -0.1) is 10.2 Å². The maximum Gasteiger partial charge on any atom is 0.218 e. The number of aromatic nitrogens is 6. The third kappa shape index (κ3) is 3.16. The molecule has 0 saturated carbocycles. The second-order valence-corrected chi connectivity index (χ2v) is 6.35. The summed E-state index contributed by atoms with van der Waals surface area (Å²) in [6, 6.07) is 9.24. The van der Waals surface area contributed by atoms with E-state index in [0.717, 1.165) is 22.7 Å². The topological polar surface area (TPSA) is 109 Å². The molecule has 4 rings (SSSR count). The number of nitrogen functional groups attached to an aromatic ring is 1. The highest BCUT2D eigenvalue weighted by Gasteiger charge is 2.16. The minimum Gasteiger partial charge on any atom is -0.461 e. The zero-order valence-electron chi connectivity index (χ0n) is 13.9. The van der Waals surface area contributed by atoms with Crippen LogP contribution in [0.3, 0.4) is 0 Å². The first-order valence-corrected chi connectivity index (χ1v) is 8.77. The van der Waals surface area contributed by atoms with Gasteiger partial charge < -0.3 is 10.3 Å². The van der Waals surface area contributed by atoms with Crippen LogP contribution >= 0.6 is 11.8 Å². The highest BCUT2D eigenvalue weighted by molar-refractivity contribution is 7.99. The molecule has 0 bridgehead atoms. The Morgan fingerprint density at radius 3 is 2.73 bits per heavy atom. The number of hydrogen-bond donors (Lipinski definition) is 1. The van der Waals surface area contributed by atoms with Crippen LogP contribution in [-0.4, -0.2) is 29.8 Å². The van der Waals surface area contributed by atoms with Crippen LogP contribution in [0.2, 0.25) is 0 Å². The van der Waals surface area contributed by atoms with Crippen molar-refractivity contribution in [3.05, 3.63) is 54.7 Å². The molecule has 4 aromatic rings. The molecule has 4 heterocycles. The molecule has 0 aromatic carbocycles. The first kappa shape index (κ1) is 16.3. The average Bonchev–Trinajstić information content (AvgIpc) is 3.33. The van der Waals surface area contributed by atoms with Crippen molar-refractivity contribution in [2.75, 3.05) is 5.84 Å². The number of pyridine rings is 1. The van der Waals surface area contributed by atoms with Crippen molar-refractivity contribution < 1.29 is 4.42 Å². The molecule has 8 nitrogen and oxygen atoms in total. The van der Waals surface area contributed by atoms with Crippen LogP contribution in [0.15, 0.2) is 63.6 Å². The molecule has 130 valence electrons. The quantitative estimate of drug-likeness (QED) is 0.425. The molecule has 0 radical (unpaired) electrons. The van der Waals surface area contributed by atoms with Gasteiger partial charge in [0.2, 0.25) is 11.0 Å². The third-order valence-corrected chi connectivity index (χ3v) is 4.54. The van der Waals surface area contributed by atoms with Gasteiger partial charge in [-0.25, -0.2) is 14.6 Å². The molecular weight excluding hydrogens is 350 g/mol. The molecule has 9 heteroatoms. The second-order valence-electron chi connectivity index (χ2n) is 5.37. The Morgan fingerprint density at radius 2 is 2.00 bits per heavy atom.